The molecule has 0 spiro atoms. The second-order valence-electron chi connectivity index (χ2n) is 4.45. The lowest BCUT2D eigenvalue weighted by Crippen LogP contribution is -2.48. The van der Waals surface area contributed by atoms with E-state index in [4.69, 9.17) is 0 Å². The van der Waals surface area contributed by atoms with Crippen LogP contribution in [0.1, 0.15) is 32.6 Å². The highest BCUT2D eigenvalue weighted by atomic mass is 19.4. The van der Waals surface area contributed by atoms with E-state index in [0.717, 1.165) is 0 Å². The summed E-state index contributed by atoms with van der Waals surface area (Å²) in [6.07, 6.45) is -3.50. The molecular formula is C11H19F3N2O. The van der Waals surface area contributed by atoms with Gasteiger partial charge in [0.1, 0.15) is 0 Å². The second-order valence-corrected chi connectivity index (χ2v) is 4.45. The standard InChI is InChI=1S/C11H19F3N2O/c1-2-15-10(17)9-7-8(4-6-16-9)3-5-11(12,13)14/h8-9,16H,2-7H2,1H3,(H,15,17). The van der Waals surface area contributed by atoms with Gasteiger partial charge >= 0.3 is 6.18 Å². The Kier molecular flexibility index (Phi) is 5.24. The van der Waals surface area contributed by atoms with Crippen LogP contribution in [0.5, 0.6) is 0 Å². The number of carbonyl (C=O) groups is 1. The van der Waals surface area contributed by atoms with Crippen molar-refractivity contribution in [2.75, 3.05) is 13.1 Å². The molecule has 2 N–H and O–H groups in total. The van der Waals surface area contributed by atoms with Gasteiger partial charge in [0.15, 0.2) is 0 Å². The average Bonchev–Trinajstić information content (AvgIpc) is 2.26. The Morgan fingerprint density at radius 3 is 2.76 bits per heavy atom. The quantitative estimate of drug-likeness (QED) is 0.801. The molecule has 17 heavy (non-hydrogen) atoms. The van der Waals surface area contributed by atoms with E-state index in [-0.39, 0.29) is 24.3 Å². The van der Waals surface area contributed by atoms with Crippen LogP contribution in [0.15, 0.2) is 0 Å². The molecule has 2 unspecified atom stereocenters. The Labute approximate surface area is 99.1 Å². The number of carbonyl (C=O) groups excluding carboxylic acids is 1. The van der Waals surface area contributed by atoms with Gasteiger partial charge in [-0.05, 0) is 38.6 Å². The van der Waals surface area contributed by atoms with Crippen LogP contribution in [0, 0.1) is 5.92 Å². The van der Waals surface area contributed by atoms with Crippen LogP contribution in [-0.4, -0.2) is 31.2 Å². The van der Waals surface area contributed by atoms with Crippen molar-refractivity contribution in [3.8, 4) is 0 Å². The third-order valence-corrected chi connectivity index (χ3v) is 3.02. The molecule has 1 amide bonds. The molecule has 6 heteroatoms. The van der Waals surface area contributed by atoms with Gasteiger partial charge in [-0.1, -0.05) is 0 Å². The van der Waals surface area contributed by atoms with E-state index in [9.17, 15) is 18.0 Å². The molecule has 0 aromatic rings. The topological polar surface area (TPSA) is 41.1 Å². The lowest BCUT2D eigenvalue weighted by molar-refractivity contribution is -0.138. The van der Waals surface area contributed by atoms with Gasteiger partial charge < -0.3 is 10.6 Å². The molecular weight excluding hydrogens is 233 g/mol. The first-order valence-electron chi connectivity index (χ1n) is 6.00. The van der Waals surface area contributed by atoms with Crippen LogP contribution < -0.4 is 10.6 Å². The van der Waals surface area contributed by atoms with Crippen molar-refractivity contribution in [2.45, 2.75) is 44.8 Å². The first-order valence-corrected chi connectivity index (χ1v) is 6.00. The molecule has 1 heterocycles. The molecule has 1 fully saturated rings. The van der Waals surface area contributed by atoms with Crippen LogP contribution >= 0.6 is 0 Å². The minimum atomic E-state index is -4.09. The van der Waals surface area contributed by atoms with Gasteiger partial charge in [0, 0.05) is 13.0 Å². The van der Waals surface area contributed by atoms with Crippen molar-refractivity contribution in [1.29, 1.82) is 0 Å². The van der Waals surface area contributed by atoms with Crippen molar-refractivity contribution < 1.29 is 18.0 Å². The van der Waals surface area contributed by atoms with Gasteiger partial charge in [-0.2, -0.15) is 13.2 Å². The summed E-state index contributed by atoms with van der Waals surface area (Å²) in [5, 5.41) is 5.72. The first-order chi connectivity index (χ1) is 7.92. The number of likely N-dealkylation sites (N-methyl/N-ethyl adjacent to an activating group) is 1. The Morgan fingerprint density at radius 2 is 2.18 bits per heavy atom. The molecule has 0 saturated carbocycles. The van der Waals surface area contributed by atoms with E-state index in [1.165, 1.54) is 0 Å². The molecule has 1 rings (SSSR count). The molecule has 0 aromatic carbocycles. The number of nitrogens with one attached hydrogen (secondary N) is 2. The summed E-state index contributed by atoms with van der Waals surface area (Å²) in [5.74, 6) is -0.116. The third-order valence-electron chi connectivity index (χ3n) is 3.02. The van der Waals surface area contributed by atoms with Crippen molar-refractivity contribution in [3.63, 3.8) is 0 Å². The Hall–Kier alpha value is -0.780. The van der Waals surface area contributed by atoms with Crippen molar-refractivity contribution in [1.82, 2.24) is 10.6 Å². The second kappa shape index (κ2) is 6.23. The van der Waals surface area contributed by atoms with Crippen LogP contribution in [0.3, 0.4) is 0 Å². The lowest BCUT2D eigenvalue weighted by atomic mass is 9.88. The van der Waals surface area contributed by atoms with Crippen molar-refractivity contribution in [3.05, 3.63) is 0 Å². The molecule has 0 bridgehead atoms. The summed E-state index contributed by atoms with van der Waals surface area (Å²) in [7, 11) is 0. The monoisotopic (exact) mass is 252 g/mol. The molecule has 0 aromatic heterocycles. The summed E-state index contributed by atoms with van der Waals surface area (Å²) < 4.78 is 36.3. The Bertz CT molecular complexity index is 256. The largest absolute Gasteiger partial charge is 0.389 e. The zero-order chi connectivity index (χ0) is 12.9. The van der Waals surface area contributed by atoms with Crippen molar-refractivity contribution >= 4 is 5.91 Å². The van der Waals surface area contributed by atoms with E-state index in [0.29, 0.717) is 25.9 Å². The molecule has 0 aliphatic carbocycles. The predicted molar refractivity (Wildman–Crippen MR) is 58.5 cm³/mol. The normalized spacial score (nSPS) is 25.6. The Morgan fingerprint density at radius 1 is 1.47 bits per heavy atom. The SMILES string of the molecule is CCNC(=O)C1CC(CCC(F)(F)F)CCN1. The first kappa shape index (κ1) is 14.3. The molecule has 3 nitrogen and oxygen atoms in total. The number of hydrogen-bond acceptors (Lipinski definition) is 2. The maximum Gasteiger partial charge on any atom is 0.389 e. The van der Waals surface area contributed by atoms with E-state index >= 15 is 0 Å². The summed E-state index contributed by atoms with van der Waals surface area (Å²) in [5.41, 5.74) is 0. The number of halogens is 3. The fourth-order valence-electron chi connectivity index (χ4n) is 2.12. The molecule has 1 aliphatic heterocycles. The highest BCUT2D eigenvalue weighted by Crippen LogP contribution is 2.28. The smallest absolute Gasteiger partial charge is 0.355 e. The molecule has 0 radical (unpaired) electrons. The number of alkyl halides is 3. The summed E-state index contributed by atoms with van der Waals surface area (Å²) in [6, 6.07) is -0.332. The van der Waals surface area contributed by atoms with Gasteiger partial charge in [-0.25, -0.2) is 0 Å². The lowest BCUT2D eigenvalue weighted by Gasteiger charge is -2.29. The zero-order valence-electron chi connectivity index (χ0n) is 9.94. The Balaban J connectivity index is 2.36. The number of amides is 1. The van der Waals surface area contributed by atoms with Crippen molar-refractivity contribution in [2.24, 2.45) is 5.92 Å². The number of rotatable bonds is 4. The molecule has 2 atom stereocenters. The maximum absolute atomic E-state index is 12.1. The summed E-state index contributed by atoms with van der Waals surface area (Å²) in [6.45, 7) is 2.98. The van der Waals surface area contributed by atoms with Gasteiger partial charge in [0.25, 0.3) is 0 Å². The van der Waals surface area contributed by atoms with E-state index in [2.05, 4.69) is 10.6 Å². The summed E-state index contributed by atoms with van der Waals surface area (Å²) in [4.78, 5) is 11.5. The van der Waals surface area contributed by atoms with Gasteiger partial charge in [0.05, 0.1) is 6.04 Å². The van der Waals surface area contributed by atoms with E-state index < -0.39 is 12.6 Å². The minimum absolute atomic E-state index is 0.00881. The third kappa shape index (κ3) is 5.39. The predicted octanol–water partition coefficient (Wildman–Crippen LogP) is 1.83. The maximum atomic E-state index is 12.1. The van der Waals surface area contributed by atoms with Gasteiger partial charge in [0.2, 0.25) is 5.91 Å². The highest BCUT2D eigenvalue weighted by Gasteiger charge is 2.31. The van der Waals surface area contributed by atoms with Crippen LogP contribution in [0.25, 0.3) is 0 Å². The minimum Gasteiger partial charge on any atom is -0.355 e. The van der Waals surface area contributed by atoms with Gasteiger partial charge in [-0.15, -0.1) is 0 Å². The van der Waals surface area contributed by atoms with Gasteiger partial charge in [-0.3, -0.25) is 4.79 Å². The highest BCUT2D eigenvalue weighted by molar-refractivity contribution is 5.81. The zero-order valence-corrected chi connectivity index (χ0v) is 9.94. The molecule has 100 valence electrons. The van der Waals surface area contributed by atoms with Crippen LogP contribution in [-0.2, 0) is 4.79 Å². The summed E-state index contributed by atoms with van der Waals surface area (Å²) >= 11 is 0. The van der Waals surface area contributed by atoms with Crippen LogP contribution in [0.4, 0.5) is 13.2 Å². The number of hydrogen-bond donors (Lipinski definition) is 2. The average molecular weight is 252 g/mol. The molecule has 1 aliphatic rings. The van der Waals surface area contributed by atoms with E-state index in [1.54, 1.807) is 0 Å². The van der Waals surface area contributed by atoms with E-state index in [1.807, 2.05) is 6.92 Å². The number of piperidine rings is 1. The fourth-order valence-corrected chi connectivity index (χ4v) is 2.12. The molecule has 1 saturated heterocycles. The van der Waals surface area contributed by atoms with Crippen LogP contribution in [0.2, 0.25) is 0 Å². The fraction of sp³-hybridized carbons (Fsp3) is 0.909.